The summed E-state index contributed by atoms with van der Waals surface area (Å²) >= 11 is 0. The first kappa shape index (κ1) is 13.2. The molecule has 0 radical (unpaired) electrons. The van der Waals surface area contributed by atoms with E-state index in [2.05, 4.69) is 5.32 Å². The van der Waals surface area contributed by atoms with E-state index in [0.29, 0.717) is 23.6 Å². The van der Waals surface area contributed by atoms with E-state index in [1.54, 1.807) is 24.3 Å². The van der Waals surface area contributed by atoms with Gasteiger partial charge in [-0.1, -0.05) is 26.0 Å². The van der Waals surface area contributed by atoms with Crippen LogP contribution in [0, 0.1) is 17.2 Å². The lowest BCUT2D eigenvalue weighted by Gasteiger charge is -2.14. The zero-order valence-electron chi connectivity index (χ0n) is 10.1. The Morgan fingerprint density at radius 1 is 1.47 bits per heavy atom. The van der Waals surface area contributed by atoms with E-state index in [1.165, 1.54) is 0 Å². The Morgan fingerprint density at radius 2 is 2.12 bits per heavy atom. The van der Waals surface area contributed by atoms with E-state index < -0.39 is 6.04 Å². The Bertz CT molecular complexity index is 435. The molecule has 4 heteroatoms. The van der Waals surface area contributed by atoms with Gasteiger partial charge in [0.25, 0.3) is 0 Å². The van der Waals surface area contributed by atoms with Gasteiger partial charge in [-0.25, -0.2) is 0 Å². The van der Waals surface area contributed by atoms with Crippen LogP contribution in [-0.2, 0) is 4.79 Å². The maximum atomic E-state index is 11.8. The number of anilines is 1. The van der Waals surface area contributed by atoms with E-state index >= 15 is 0 Å². The van der Waals surface area contributed by atoms with Crippen molar-refractivity contribution in [2.75, 3.05) is 5.32 Å². The third kappa shape index (κ3) is 3.89. The summed E-state index contributed by atoms with van der Waals surface area (Å²) in [6.45, 7) is 4.02. The molecule has 0 heterocycles. The Labute approximate surface area is 101 Å². The second-order valence-electron chi connectivity index (χ2n) is 4.38. The summed E-state index contributed by atoms with van der Waals surface area (Å²) < 4.78 is 0. The SMILES string of the molecule is CC(C)C[C@H](N)C(=O)Nc1ccccc1C#N. The first-order valence-corrected chi connectivity index (χ1v) is 5.60. The molecule has 17 heavy (non-hydrogen) atoms. The smallest absolute Gasteiger partial charge is 0.241 e. The van der Waals surface area contributed by atoms with Crippen LogP contribution in [0.2, 0.25) is 0 Å². The van der Waals surface area contributed by atoms with E-state index in [1.807, 2.05) is 19.9 Å². The number of carbonyl (C=O) groups is 1. The van der Waals surface area contributed by atoms with Crippen molar-refractivity contribution in [2.24, 2.45) is 11.7 Å². The second kappa shape index (κ2) is 6.02. The van der Waals surface area contributed by atoms with Crippen molar-refractivity contribution in [3.8, 4) is 6.07 Å². The summed E-state index contributed by atoms with van der Waals surface area (Å²) in [5, 5.41) is 11.6. The number of nitrogens with one attached hydrogen (secondary N) is 1. The van der Waals surface area contributed by atoms with E-state index in [4.69, 9.17) is 11.0 Å². The summed E-state index contributed by atoms with van der Waals surface area (Å²) in [4.78, 5) is 11.8. The highest BCUT2D eigenvalue weighted by Crippen LogP contribution is 2.14. The van der Waals surface area contributed by atoms with Crippen molar-refractivity contribution < 1.29 is 4.79 Å². The third-order valence-electron chi connectivity index (χ3n) is 2.37. The number of rotatable bonds is 4. The van der Waals surface area contributed by atoms with Gasteiger partial charge in [0.05, 0.1) is 17.3 Å². The number of benzene rings is 1. The van der Waals surface area contributed by atoms with Gasteiger partial charge in [-0.05, 0) is 24.5 Å². The molecule has 0 aromatic heterocycles. The van der Waals surface area contributed by atoms with Gasteiger partial charge < -0.3 is 11.1 Å². The van der Waals surface area contributed by atoms with Crippen LogP contribution in [0.1, 0.15) is 25.8 Å². The Kier molecular flexibility index (Phi) is 4.68. The average molecular weight is 231 g/mol. The van der Waals surface area contributed by atoms with E-state index in [-0.39, 0.29) is 5.91 Å². The average Bonchev–Trinajstić information content (AvgIpc) is 2.28. The minimum absolute atomic E-state index is 0.249. The zero-order valence-corrected chi connectivity index (χ0v) is 10.1. The molecule has 0 aliphatic carbocycles. The van der Waals surface area contributed by atoms with E-state index in [9.17, 15) is 4.79 Å². The van der Waals surface area contributed by atoms with Crippen molar-refractivity contribution in [2.45, 2.75) is 26.3 Å². The van der Waals surface area contributed by atoms with Crippen molar-refractivity contribution in [3.05, 3.63) is 29.8 Å². The molecule has 0 unspecified atom stereocenters. The van der Waals surface area contributed by atoms with Crippen LogP contribution in [-0.4, -0.2) is 11.9 Å². The van der Waals surface area contributed by atoms with Gasteiger partial charge in [0.1, 0.15) is 6.07 Å². The summed E-state index contributed by atoms with van der Waals surface area (Å²) in [7, 11) is 0. The van der Waals surface area contributed by atoms with Gasteiger partial charge in [0.15, 0.2) is 0 Å². The molecule has 1 rings (SSSR count). The highest BCUT2D eigenvalue weighted by atomic mass is 16.2. The maximum absolute atomic E-state index is 11.8. The van der Waals surface area contributed by atoms with Gasteiger partial charge in [0, 0.05) is 0 Å². The zero-order chi connectivity index (χ0) is 12.8. The standard InChI is InChI=1S/C13H17N3O/c1-9(2)7-11(15)13(17)16-12-6-4-3-5-10(12)8-14/h3-6,9,11H,7,15H2,1-2H3,(H,16,17)/t11-/m0/s1. The van der Waals surface area contributed by atoms with Gasteiger partial charge >= 0.3 is 0 Å². The van der Waals surface area contributed by atoms with Gasteiger partial charge in [-0.15, -0.1) is 0 Å². The topological polar surface area (TPSA) is 78.9 Å². The van der Waals surface area contributed by atoms with Crippen LogP contribution < -0.4 is 11.1 Å². The highest BCUT2D eigenvalue weighted by Gasteiger charge is 2.15. The Hall–Kier alpha value is -1.86. The molecule has 1 amide bonds. The molecule has 4 nitrogen and oxygen atoms in total. The summed E-state index contributed by atoms with van der Waals surface area (Å²) in [6, 6.07) is 8.35. The molecule has 0 bridgehead atoms. The number of nitrogens with two attached hydrogens (primary N) is 1. The summed E-state index contributed by atoms with van der Waals surface area (Å²) in [5.41, 5.74) is 6.72. The fourth-order valence-corrected chi connectivity index (χ4v) is 1.53. The first-order chi connectivity index (χ1) is 8.04. The predicted molar refractivity (Wildman–Crippen MR) is 67.2 cm³/mol. The number of amides is 1. The molecule has 0 saturated carbocycles. The van der Waals surface area contributed by atoms with E-state index in [0.717, 1.165) is 0 Å². The molecule has 0 fully saturated rings. The molecule has 0 saturated heterocycles. The minimum Gasteiger partial charge on any atom is -0.324 e. The molecular formula is C13H17N3O. The minimum atomic E-state index is -0.540. The number of hydrogen-bond donors (Lipinski definition) is 2. The molecule has 0 aliphatic rings. The van der Waals surface area contributed by atoms with Crippen molar-refractivity contribution in [1.82, 2.24) is 0 Å². The maximum Gasteiger partial charge on any atom is 0.241 e. The van der Waals surface area contributed by atoms with Crippen molar-refractivity contribution >= 4 is 11.6 Å². The number of para-hydroxylation sites is 1. The fourth-order valence-electron chi connectivity index (χ4n) is 1.53. The van der Waals surface area contributed by atoms with Gasteiger partial charge in [0.2, 0.25) is 5.91 Å². The molecule has 3 N–H and O–H groups in total. The largest absolute Gasteiger partial charge is 0.324 e. The van der Waals surface area contributed by atoms with Crippen LogP contribution in [0.5, 0.6) is 0 Å². The van der Waals surface area contributed by atoms with Gasteiger partial charge in [-0.3, -0.25) is 4.79 Å². The quantitative estimate of drug-likeness (QED) is 0.830. The molecular weight excluding hydrogens is 214 g/mol. The van der Waals surface area contributed by atoms with Crippen molar-refractivity contribution in [3.63, 3.8) is 0 Å². The number of carbonyl (C=O) groups excluding carboxylic acids is 1. The Balaban J connectivity index is 2.71. The lowest BCUT2D eigenvalue weighted by molar-refractivity contribution is -0.117. The Morgan fingerprint density at radius 3 is 2.71 bits per heavy atom. The number of nitriles is 1. The fraction of sp³-hybridized carbons (Fsp3) is 0.385. The molecule has 0 spiro atoms. The number of nitrogens with zero attached hydrogens (tertiary/aromatic N) is 1. The van der Waals surface area contributed by atoms with Gasteiger partial charge in [-0.2, -0.15) is 5.26 Å². The molecule has 1 aromatic rings. The molecule has 90 valence electrons. The predicted octanol–water partition coefficient (Wildman–Crippen LogP) is 1.87. The van der Waals surface area contributed by atoms with Crippen LogP contribution in [0.15, 0.2) is 24.3 Å². The normalized spacial score (nSPS) is 11.9. The van der Waals surface area contributed by atoms with Crippen LogP contribution in [0.25, 0.3) is 0 Å². The molecule has 1 atom stereocenters. The van der Waals surface area contributed by atoms with Crippen LogP contribution in [0.4, 0.5) is 5.69 Å². The number of hydrogen-bond acceptors (Lipinski definition) is 3. The molecule has 0 aliphatic heterocycles. The summed E-state index contributed by atoms with van der Waals surface area (Å²) in [6.07, 6.45) is 0.626. The van der Waals surface area contributed by atoms with Crippen LogP contribution >= 0.6 is 0 Å². The lowest BCUT2D eigenvalue weighted by Crippen LogP contribution is -2.36. The second-order valence-corrected chi connectivity index (χ2v) is 4.38. The first-order valence-electron chi connectivity index (χ1n) is 5.60. The molecule has 1 aromatic carbocycles. The van der Waals surface area contributed by atoms with Crippen molar-refractivity contribution in [1.29, 1.82) is 5.26 Å². The highest BCUT2D eigenvalue weighted by molar-refractivity contribution is 5.95. The lowest BCUT2D eigenvalue weighted by atomic mass is 10.0. The third-order valence-corrected chi connectivity index (χ3v) is 2.37. The monoisotopic (exact) mass is 231 g/mol. The van der Waals surface area contributed by atoms with Crippen LogP contribution in [0.3, 0.4) is 0 Å². The summed E-state index contributed by atoms with van der Waals surface area (Å²) in [5.74, 6) is 0.114.